The van der Waals surface area contributed by atoms with Gasteiger partial charge in [-0.1, -0.05) is 6.07 Å². The van der Waals surface area contributed by atoms with Crippen molar-refractivity contribution >= 4 is 11.6 Å². The van der Waals surface area contributed by atoms with Crippen LogP contribution in [-0.4, -0.2) is 10.9 Å². The fourth-order valence-electron chi connectivity index (χ4n) is 1.46. The first kappa shape index (κ1) is 11.1. The van der Waals surface area contributed by atoms with E-state index in [1.165, 1.54) is 0 Å². The maximum Gasteiger partial charge on any atom is 0.251 e. The molecule has 0 radical (unpaired) electrons. The fourth-order valence-corrected chi connectivity index (χ4v) is 1.46. The number of rotatable bonds is 3. The molecule has 4 nitrogen and oxygen atoms in total. The lowest BCUT2D eigenvalue weighted by Gasteiger charge is -2.05. The number of amides is 1. The van der Waals surface area contributed by atoms with Gasteiger partial charge in [0.25, 0.3) is 5.91 Å². The van der Waals surface area contributed by atoms with Crippen LogP contribution in [0.3, 0.4) is 0 Å². The minimum absolute atomic E-state index is 0.130. The Morgan fingerprint density at radius 1 is 1.24 bits per heavy atom. The van der Waals surface area contributed by atoms with Crippen LogP contribution in [0.1, 0.15) is 15.9 Å². The molecule has 1 amide bonds. The third-order valence-electron chi connectivity index (χ3n) is 2.35. The van der Waals surface area contributed by atoms with E-state index in [2.05, 4.69) is 10.3 Å². The van der Waals surface area contributed by atoms with Gasteiger partial charge in [-0.15, -0.1) is 0 Å². The number of pyridine rings is 1. The van der Waals surface area contributed by atoms with Crippen LogP contribution in [0.15, 0.2) is 48.8 Å². The van der Waals surface area contributed by atoms with Crippen molar-refractivity contribution in [3.63, 3.8) is 0 Å². The zero-order chi connectivity index (χ0) is 12.1. The van der Waals surface area contributed by atoms with E-state index in [-0.39, 0.29) is 5.91 Å². The molecule has 0 spiro atoms. The summed E-state index contributed by atoms with van der Waals surface area (Å²) in [5.41, 5.74) is 7.78. The Morgan fingerprint density at radius 3 is 2.71 bits per heavy atom. The zero-order valence-electron chi connectivity index (χ0n) is 9.26. The van der Waals surface area contributed by atoms with Crippen molar-refractivity contribution in [1.82, 2.24) is 10.3 Å². The summed E-state index contributed by atoms with van der Waals surface area (Å²) < 4.78 is 0. The number of nitrogens with one attached hydrogen (secondary N) is 1. The van der Waals surface area contributed by atoms with Crippen LogP contribution in [0, 0.1) is 0 Å². The number of nitrogen functional groups attached to an aromatic ring is 1. The maximum atomic E-state index is 11.8. The zero-order valence-corrected chi connectivity index (χ0v) is 9.26. The van der Waals surface area contributed by atoms with Crippen molar-refractivity contribution in [1.29, 1.82) is 0 Å². The molecule has 0 saturated heterocycles. The number of anilines is 1. The Kier molecular flexibility index (Phi) is 3.35. The normalized spacial score (nSPS) is 9.88. The van der Waals surface area contributed by atoms with Gasteiger partial charge in [-0.3, -0.25) is 9.78 Å². The number of nitrogens with zero attached hydrogens (tertiary/aromatic N) is 1. The molecule has 86 valence electrons. The van der Waals surface area contributed by atoms with Gasteiger partial charge in [-0.2, -0.15) is 0 Å². The van der Waals surface area contributed by atoms with Crippen molar-refractivity contribution in [2.75, 3.05) is 5.73 Å². The number of aromatic nitrogens is 1. The second-order valence-corrected chi connectivity index (χ2v) is 3.66. The molecule has 1 aromatic heterocycles. The van der Waals surface area contributed by atoms with Gasteiger partial charge in [0.05, 0.1) is 0 Å². The lowest BCUT2D eigenvalue weighted by Crippen LogP contribution is -2.22. The van der Waals surface area contributed by atoms with Gasteiger partial charge >= 0.3 is 0 Å². The molecule has 0 fully saturated rings. The van der Waals surface area contributed by atoms with E-state index >= 15 is 0 Å². The van der Waals surface area contributed by atoms with Gasteiger partial charge in [0.15, 0.2) is 0 Å². The fraction of sp³-hybridized carbons (Fsp3) is 0.0769. The average Bonchev–Trinajstić information content (AvgIpc) is 2.37. The maximum absolute atomic E-state index is 11.8. The van der Waals surface area contributed by atoms with E-state index in [9.17, 15) is 4.79 Å². The summed E-state index contributed by atoms with van der Waals surface area (Å²) in [6, 6.07) is 10.6. The largest absolute Gasteiger partial charge is 0.399 e. The molecule has 0 aliphatic carbocycles. The van der Waals surface area contributed by atoms with Crippen molar-refractivity contribution in [3.8, 4) is 0 Å². The Hall–Kier alpha value is -2.36. The number of carbonyl (C=O) groups excluding carboxylic acids is 1. The lowest BCUT2D eigenvalue weighted by molar-refractivity contribution is 0.0951. The molecule has 0 aliphatic heterocycles. The van der Waals surface area contributed by atoms with Crippen LogP contribution in [0.2, 0.25) is 0 Å². The monoisotopic (exact) mass is 227 g/mol. The van der Waals surface area contributed by atoms with E-state index in [4.69, 9.17) is 5.73 Å². The van der Waals surface area contributed by atoms with E-state index in [0.717, 1.165) is 5.56 Å². The molecule has 2 rings (SSSR count). The van der Waals surface area contributed by atoms with Crippen molar-refractivity contribution < 1.29 is 4.79 Å². The first-order valence-electron chi connectivity index (χ1n) is 5.28. The highest BCUT2D eigenvalue weighted by molar-refractivity contribution is 5.94. The first-order valence-corrected chi connectivity index (χ1v) is 5.28. The Bertz CT molecular complexity index is 511. The second-order valence-electron chi connectivity index (χ2n) is 3.66. The molecule has 17 heavy (non-hydrogen) atoms. The van der Waals surface area contributed by atoms with Gasteiger partial charge in [-0.25, -0.2) is 0 Å². The summed E-state index contributed by atoms with van der Waals surface area (Å²) in [7, 11) is 0. The Morgan fingerprint density at radius 2 is 2.00 bits per heavy atom. The van der Waals surface area contributed by atoms with E-state index in [1.807, 2.05) is 12.1 Å². The summed E-state index contributed by atoms with van der Waals surface area (Å²) in [6.45, 7) is 0.482. The molecule has 0 unspecified atom stereocenters. The number of carbonyl (C=O) groups is 1. The summed E-state index contributed by atoms with van der Waals surface area (Å²) in [4.78, 5) is 15.7. The average molecular weight is 227 g/mol. The Labute approximate surface area is 99.5 Å². The smallest absolute Gasteiger partial charge is 0.251 e. The van der Waals surface area contributed by atoms with Gasteiger partial charge in [0, 0.05) is 30.2 Å². The number of benzene rings is 1. The molecule has 3 N–H and O–H groups in total. The summed E-state index contributed by atoms with van der Waals surface area (Å²) in [5, 5.41) is 2.82. The van der Waals surface area contributed by atoms with Crippen LogP contribution in [0.4, 0.5) is 5.69 Å². The van der Waals surface area contributed by atoms with Gasteiger partial charge in [0.1, 0.15) is 0 Å². The molecule has 0 saturated carbocycles. The third-order valence-corrected chi connectivity index (χ3v) is 2.35. The Balaban J connectivity index is 1.98. The quantitative estimate of drug-likeness (QED) is 0.782. The third kappa shape index (κ3) is 3.04. The summed E-state index contributed by atoms with van der Waals surface area (Å²) in [5.74, 6) is -0.130. The molecule has 2 aromatic rings. The molecule has 1 heterocycles. The summed E-state index contributed by atoms with van der Waals surface area (Å²) >= 11 is 0. The molecule has 0 aliphatic rings. The molecular formula is C13H13N3O. The second kappa shape index (κ2) is 5.12. The van der Waals surface area contributed by atoms with Crippen LogP contribution in [-0.2, 0) is 6.54 Å². The highest BCUT2D eigenvalue weighted by Crippen LogP contribution is 2.06. The van der Waals surface area contributed by atoms with Crippen LogP contribution >= 0.6 is 0 Å². The van der Waals surface area contributed by atoms with Crippen LogP contribution < -0.4 is 11.1 Å². The van der Waals surface area contributed by atoms with Crippen LogP contribution in [0.25, 0.3) is 0 Å². The molecular weight excluding hydrogens is 214 g/mol. The van der Waals surface area contributed by atoms with Gasteiger partial charge < -0.3 is 11.1 Å². The lowest BCUT2D eigenvalue weighted by atomic mass is 10.2. The van der Waals surface area contributed by atoms with E-state index < -0.39 is 0 Å². The molecule has 0 bridgehead atoms. The van der Waals surface area contributed by atoms with Crippen molar-refractivity contribution in [2.24, 2.45) is 0 Å². The minimum Gasteiger partial charge on any atom is -0.399 e. The number of hydrogen-bond donors (Lipinski definition) is 2. The standard InChI is InChI=1S/C13H13N3O/c14-12-3-1-2-11(8-12)13(17)16-9-10-4-6-15-7-5-10/h1-8H,9,14H2,(H,16,17). The predicted molar refractivity (Wildman–Crippen MR) is 66.3 cm³/mol. The molecule has 0 atom stereocenters. The predicted octanol–water partition coefficient (Wildman–Crippen LogP) is 1.59. The number of hydrogen-bond acceptors (Lipinski definition) is 3. The SMILES string of the molecule is Nc1cccc(C(=O)NCc2ccncc2)c1. The van der Waals surface area contributed by atoms with E-state index in [1.54, 1.807) is 36.7 Å². The highest BCUT2D eigenvalue weighted by atomic mass is 16.1. The van der Waals surface area contributed by atoms with E-state index in [0.29, 0.717) is 17.8 Å². The molecule has 4 heteroatoms. The topological polar surface area (TPSA) is 68.0 Å². The first-order chi connectivity index (χ1) is 8.25. The van der Waals surface area contributed by atoms with Crippen LogP contribution in [0.5, 0.6) is 0 Å². The minimum atomic E-state index is -0.130. The van der Waals surface area contributed by atoms with Gasteiger partial charge in [-0.05, 0) is 35.9 Å². The molecule has 1 aromatic carbocycles. The number of nitrogens with two attached hydrogens (primary N) is 1. The van der Waals surface area contributed by atoms with Crippen molar-refractivity contribution in [3.05, 3.63) is 59.9 Å². The van der Waals surface area contributed by atoms with Crippen molar-refractivity contribution in [2.45, 2.75) is 6.54 Å². The summed E-state index contributed by atoms with van der Waals surface area (Å²) in [6.07, 6.45) is 3.39. The highest BCUT2D eigenvalue weighted by Gasteiger charge is 2.04. The van der Waals surface area contributed by atoms with Gasteiger partial charge in [0.2, 0.25) is 0 Å².